The molecule has 0 unspecified atom stereocenters. The minimum absolute atomic E-state index is 0.00747. The van der Waals surface area contributed by atoms with Crippen LogP contribution in [-0.4, -0.2) is 57.8 Å². The molecular weight excluding hydrogens is 368 g/mol. The lowest BCUT2D eigenvalue weighted by molar-refractivity contribution is 0.0740. The summed E-state index contributed by atoms with van der Waals surface area (Å²) in [4.78, 5) is 41.4. The average Bonchev–Trinajstić information content (AvgIpc) is 3.40. The Morgan fingerprint density at radius 3 is 2.59 bits per heavy atom. The molecule has 1 fully saturated rings. The number of thiophene rings is 1. The van der Waals surface area contributed by atoms with Crippen LogP contribution in [0.2, 0.25) is 0 Å². The Labute approximate surface area is 158 Å². The number of rotatable bonds is 4. The number of piperazine rings is 1. The van der Waals surface area contributed by atoms with Crippen molar-refractivity contribution in [2.24, 2.45) is 0 Å². The number of carbonyl (C=O) groups is 2. The number of carbonyl (C=O) groups excluding carboxylic acids is 2. The van der Waals surface area contributed by atoms with Crippen molar-refractivity contribution in [2.45, 2.75) is 0 Å². The maximum Gasteiger partial charge on any atom is 0.302 e. The number of oxazole rings is 1. The first-order valence-electron chi connectivity index (χ1n) is 8.32. The van der Waals surface area contributed by atoms with Gasteiger partial charge in [0.05, 0.1) is 4.88 Å². The van der Waals surface area contributed by atoms with Gasteiger partial charge in [0.25, 0.3) is 11.8 Å². The molecule has 0 bridgehead atoms. The highest BCUT2D eigenvalue weighted by atomic mass is 32.1. The largest absolute Gasteiger partial charge is 0.431 e. The third-order valence-corrected chi connectivity index (χ3v) is 4.96. The van der Waals surface area contributed by atoms with E-state index in [1.54, 1.807) is 40.9 Å². The van der Waals surface area contributed by atoms with Gasteiger partial charge in [-0.1, -0.05) is 6.07 Å². The van der Waals surface area contributed by atoms with Crippen LogP contribution < -0.4 is 10.2 Å². The summed E-state index contributed by atoms with van der Waals surface area (Å²) >= 11 is 1.31. The van der Waals surface area contributed by atoms with E-state index in [4.69, 9.17) is 4.42 Å². The van der Waals surface area contributed by atoms with Gasteiger partial charge in [-0.15, -0.1) is 11.3 Å². The fraction of sp³-hybridized carbons (Fsp3) is 0.235. The zero-order valence-corrected chi connectivity index (χ0v) is 15.1. The zero-order chi connectivity index (χ0) is 18.6. The zero-order valence-electron chi connectivity index (χ0n) is 14.2. The molecule has 3 aromatic heterocycles. The van der Waals surface area contributed by atoms with Crippen LogP contribution in [0.15, 0.2) is 46.7 Å². The van der Waals surface area contributed by atoms with E-state index in [2.05, 4.69) is 20.3 Å². The van der Waals surface area contributed by atoms with Crippen molar-refractivity contribution in [2.75, 3.05) is 36.4 Å². The first-order valence-corrected chi connectivity index (χ1v) is 9.20. The van der Waals surface area contributed by atoms with Crippen LogP contribution in [0.3, 0.4) is 0 Å². The molecule has 1 aliphatic rings. The third kappa shape index (κ3) is 3.80. The third-order valence-electron chi connectivity index (χ3n) is 4.09. The van der Waals surface area contributed by atoms with Crippen molar-refractivity contribution in [1.82, 2.24) is 19.9 Å². The van der Waals surface area contributed by atoms with Gasteiger partial charge in [0.15, 0.2) is 5.69 Å². The van der Waals surface area contributed by atoms with E-state index in [-0.39, 0.29) is 23.5 Å². The highest BCUT2D eigenvalue weighted by Crippen LogP contribution is 2.16. The monoisotopic (exact) mass is 384 g/mol. The number of amides is 2. The van der Waals surface area contributed by atoms with E-state index in [9.17, 15) is 9.59 Å². The van der Waals surface area contributed by atoms with Crippen molar-refractivity contribution in [3.63, 3.8) is 0 Å². The molecule has 1 saturated heterocycles. The lowest BCUT2D eigenvalue weighted by Gasteiger charge is -2.34. The Bertz CT molecular complexity index is 919. The first kappa shape index (κ1) is 17.2. The Hall–Kier alpha value is -3.27. The first-order chi connectivity index (χ1) is 13.2. The summed E-state index contributed by atoms with van der Waals surface area (Å²) in [6.45, 7) is 2.33. The van der Waals surface area contributed by atoms with Gasteiger partial charge >= 0.3 is 6.01 Å². The van der Waals surface area contributed by atoms with E-state index in [0.717, 1.165) is 0 Å². The Kier molecular flexibility index (Phi) is 4.79. The minimum atomic E-state index is -0.317. The molecular formula is C17H16N6O3S. The van der Waals surface area contributed by atoms with Gasteiger partial charge in [-0.05, 0) is 17.5 Å². The van der Waals surface area contributed by atoms with Gasteiger partial charge in [0, 0.05) is 38.6 Å². The van der Waals surface area contributed by atoms with E-state index in [0.29, 0.717) is 37.0 Å². The Balaban J connectivity index is 1.35. The second kappa shape index (κ2) is 7.54. The predicted molar refractivity (Wildman–Crippen MR) is 98.9 cm³/mol. The highest BCUT2D eigenvalue weighted by Gasteiger charge is 2.25. The van der Waals surface area contributed by atoms with Crippen molar-refractivity contribution < 1.29 is 14.0 Å². The van der Waals surface area contributed by atoms with Crippen LogP contribution in [0.5, 0.6) is 0 Å². The Morgan fingerprint density at radius 2 is 1.89 bits per heavy atom. The second-order valence-corrected chi connectivity index (χ2v) is 6.75. The molecule has 0 radical (unpaired) electrons. The minimum Gasteiger partial charge on any atom is -0.431 e. The summed E-state index contributed by atoms with van der Waals surface area (Å²) in [7, 11) is 0. The molecule has 4 rings (SSSR count). The van der Waals surface area contributed by atoms with Crippen LogP contribution in [0.1, 0.15) is 20.2 Å². The summed E-state index contributed by atoms with van der Waals surface area (Å²) in [5, 5.41) is 4.35. The molecule has 2 amide bonds. The van der Waals surface area contributed by atoms with Crippen LogP contribution in [0.4, 0.5) is 12.0 Å². The van der Waals surface area contributed by atoms with Gasteiger partial charge in [-0.25, -0.2) is 9.97 Å². The molecule has 0 atom stereocenters. The molecule has 1 aliphatic heterocycles. The molecule has 1 N–H and O–H groups in total. The van der Waals surface area contributed by atoms with Crippen LogP contribution in [0.25, 0.3) is 0 Å². The molecule has 4 heterocycles. The van der Waals surface area contributed by atoms with Gasteiger partial charge in [0.1, 0.15) is 6.26 Å². The van der Waals surface area contributed by atoms with Gasteiger partial charge in [0.2, 0.25) is 5.95 Å². The van der Waals surface area contributed by atoms with Crippen LogP contribution in [0, 0.1) is 0 Å². The van der Waals surface area contributed by atoms with Crippen molar-refractivity contribution in [3.05, 3.63) is 52.8 Å². The molecule has 0 aromatic carbocycles. The van der Waals surface area contributed by atoms with E-state index in [1.165, 1.54) is 17.6 Å². The summed E-state index contributed by atoms with van der Waals surface area (Å²) in [6.07, 6.45) is 4.65. The summed E-state index contributed by atoms with van der Waals surface area (Å²) in [5.74, 6) is 0.107. The predicted octanol–water partition coefficient (Wildman–Crippen LogP) is 1.74. The van der Waals surface area contributed by atoms with E-state index < -0.39 is 0 Å². The average molecular weight is 384 g/mol. The topological polar surface area (TPSA) is 104 Å². The SMILES string of the molecule is O=C(Nc1nc(C(=O)N2CCN(c3ncccn3)CC2)co1)c1cccs1. The maximum atomic E-state index is 12.6. The molecule has 138 valence electrons. The van der Waals surface area contributed by atoms with E-state index >= 15 is 0 Å². The molecule has 10 heteroatoms. The van der Waals surface area contributed by atoms with Gasteiger partial charge < -0.3 is 14.2 Å². The fourth-order valence-electron chi connectivity index (χ4n) is 2.72. The number of hydrogen-bond acceptors (Lipinski definition) is 8. The van der Waals surface area contributed by atoms with Gasteiger partial charge in [-0.2, -0.15) is 4.98 Å². The van der Waals surface area contributed by atoms with Gasteiger partial charge in [-0.3, -0.25) is 14.9 Å². The second-order valence-electron chi connectivity index (χ2n) is 5.80. The molecule has 0 aliphatic carbocycles. The van der Waals surface area contributed by atoms with Crippen molar-refractivity contribution in [1.29, 1.82) is 0 Å². The molecule has 0 saturated carbocycles. The van der Waals surface area contributed by atoms with Crippen molar-refractivity contribution in [3.8, 4) is 0 Å². The molecule has 0 spiro atoms. The highest BCUT2D eigenvalue weighted by molar-refractivity contribution is 7.12. The molecule has 3 aromatic rings. The molecule has 9 nitrogen and oxygen atoms in total. The Morgan fingerprint density at radius 1 is 1.11 bits per heavy atom. The standard InChI is InChI=1S/C17H16N6O3S/c24-14(13-3-1-10-27-13)21-17-20-12(11-26-17)15(25)22-6-8-23(9-7-22)16-18-4-2-5-19-16/h1-5,10-11H,6-9H2,(H,20,21,24). The van der Waals surface area contributed by atoms with E-state index in [1.807, 2.05) is 4.90 Å². The number of nitrogens with zero attached hydrogens (tertiary/aromatic N) is 5. The quantitative estimate of drug-likeness (QED) is 0.730. The summed E-state index contributed by atoms with van der Waals surface area (Å²) in [5.41, 5.74) is 0.167. The fourth-order valence-corrected chi connectivity index (χ4v) is 3.34. The lowest BCUT2D eigenvalue weighted by atomic mass is 10.3. The number of hydrogen-bond donors (Lipinski definition) is 1. The van der Waals surface area contributed by atoms with Crippen molar-refractivity contribution >= 4 is 35.1 Å². The van der Waals surface area contributed by atoms with Crippen LogP contribution in [-0.2, 0) is 0 Å². The molecule has 27 heavy (non-hydrogen) atoms. The summed E-state index contributed by atoms with van der Waals surface area (Å²) < 4.78 is 5.22. The number of nitrogens with one attached hydrogen (secondary N) is 1. The number of aromatic nitrogens is 3. The smallest absolute Gasteiger partial charge is 0.302 e. The summed E-state index contributed by atoms with van der Waals surface area (Å²) in [6, 6.07) is 5.26. The maximum absolute atomic E-state index is 12.6. The number of anilines is 2. The normalized spacial score (nSPS) is 14.2. The lowest BCUT2D eigenvalue weighted by Crippen LogP contribution is -2.49. The van der Waals surface area contributed by atoms with Crippen LogP contribution >= 0.6 is 11.3 Å².